The fraction of sp³-hybridized carbons (Fsp3) is 0.125. The maximum atomic E-state index is 13.7. The molecule has 0 saturated carbocycles. The number of ether oxygens (including phenoxy) is 2. The quantitative estimate of drug-likeness (QED) is 0.883. The Morgan fingerprint density at radius 2 is 1.78 bits per heavy atom. The zero-order valence-corrected chi connectivity index (χ0v) is 12.0. The van der Waals surface area contributed by atoms with Gasteiger partial charge in [0, 0.05) is 11.6 Å². The van der Waals surface area contributed by atoms with Gasteiger partial charge in [-0.05, 0) is 25.1 Å². The van der Waals surface area contributed by atoms with Crippen molar-refractivity contribution in [1.29, 1.82) is 0 Å². The molecular weight excluding hydrogens is 308 g/mol. The number of carbonyl (C=O) groups is 2. The Kier molecular flexibility index (Phi) is 3.69. The van der Waals surface area contributed by atoms with Gasteiger partial charge in [-0.1, -0.05) is 6.07 Å². The molecule has 0 aromatic heterocycles. The molecule has 7 heteroatoms. The zero-order valence-electron chi connectivity index (χ0n) is 12.0. The van der Waals surface area contributed by atoms with Crippen LogP contribution in [0.2, 0.25) is 0 Å². The first-order chi connectivity index (χ1) is 11.0. The molecule has 1 aliphatic heterocycles. The van der Waals surface area contributed by atoms with Crippen molar-refractivity contribution in [3.05, 3.63) is 53.1 Å². The van der Waals surface area contributed by atoms with Gasteiger partial charge in [0.1, 0.15) is 0 Å². The van der Waals surface area contributed by atoms with E-state index >= 15 is 0 Å². The van der Waals surface area contributed by atoms with Gasteiger partial charge < -0.3 is 14.8 Å². The van der Waals surface area contributed by atoms with Crippen LogP contribution >= 0.6 is 0 Å². The number of anilines is 1. The molecule has 1 amide bonds. The zero-order chi connectivity index (χ0) is 16.6. The highest BCUT2D eigenvalue weighted by molar-refractivity contribution is 6.09. The number of fused-ring (bicyclic) bond motifs is 1. The van der Waals surface area contributed by atoms with Gasteiger partial charge in [-0.2, -0.15) is 0 Å². The largest absolute Gasteiger partial charge is 0.454 e. The average Bonchev–Trinajstić information content (AvgIpc) is 2.96. The predicted molar refractivity (Wildman–Crippen MR) is 76.9 cm³/mol. The molecular formula is C16H11F2NO4. The molecule has 23 heavy (non-hydrogen) atoms. The summed E-state index contributed by atoms with van der Waals surface area (Å²) in [4.78, 5) is 23.9. The Morgan fingerprint density at radius 3 is 2.48 bits per heavy atom. The predicted octanol–water partition coefficient (Wildman–Crippen LogP) is 3.15. The minimum absolute atomic E-state index is 0.00258. The highest BCUT2D eigenvalue weighted by atomic mass is 19.2. The van der Waals surface area contributed by atoms with Gasteiger partial charge >= 0.3 is 0 Å². The van der Waals surface area contributed by atoms with Crippen molar-refractivity contribution in [2.24, 2.45) is 0 Å². The van der Waals surface area contributed by atoms with Crippen LogP contribution in [0.15, 0.2) is 30.3 Å². The number of rotatable bonds is 3. The lowest BCUT2D eigenvalue weighted by Gasteiger charge is -2.11. The lowest BCUT2D eigenvalue weighted by atomic mass is 10.1. The second-order valence-corrected chi connectivity index (χ2v) is 4.86. The minimum atomic E-state index is -1.25. The molecule has 5 nitrogen and oxygen atoms in total. The summed E-state index contributed by atoms with van der Waals surface area (Å²) in [7, 11) is 0. The van der Waals surface area contributed by atoms with Crippen LogP contribution in [0.25, 0.3) is 0 Å². The van der Waals surface area contributed by atoms with E-state index < -0.39 is 23.1 Å². The highest BCUT2D eigenvalue weighted by Crippen LogP contribution is 2.37. The van der Waals surface area contributed by atoms with Crippen molar-refractivity contribution in [2.75, 3.05) is 12.1 Å². The van der Waals surface area contributed by atoms with Crippen molar-refractivity contribution in [3.8, 4) is 11.5 Å². The van der Waals surface area contributed by atoms with E-state index in [0.29, 0.717) is 11.5 Å². The average molecular weight is 319 g/mol. The fourth-order valence-corrected chi connectivity index (χ4v) is 2.21. The summed E-state index contributed by atoms with van der Waals surface area (Å²) in [5.41, 5.74) is -0.146. The number of amides is 1. The van der Waals surface area contributed by atoms with Gasteiger partial charge in [0.2, 0.25) is 6.79 Å². The summed E-state index contributed by atoms with van der Waals surface area (Å²) in [6.07, 6.45) is 0. The molecule has 1 N–H and O–H groups in total. The van der Waals surface area contributed by atoms with Gasteiger partial charge in [-0.3, -0.25) is 9.59 Å². The van der Waals surface area contributed by atoms with Gasteiger partial charge in [-0.15, -0.1) is 0 Å². The van der Waals surface area contributed by atoms with Crippen LogP contribution < -0.4 is 14.8 Å². The first-order valence-corrected chi connectivity index (χ1v) is 6.67. The van der Waals surface area contributed by atoms with Crippen molar-refractivity contribution in [1.82, 2.24) is 0 Å². The maximum absolute atomic E-state index is 13.7. The van der Waals surface area contributed by atoms with Gasteiger partial charge in [-0.25, -0.2) is 8.78 Å². The number of benzene rings is 2. The summed E-state index contributed by atoms with van der Waals surface area (Å²) < 4.78 is 37.3. The van der Waals surface area contributed by atoms with E-state index in [1.807, 2.05) is 0 Å². The lowest BCUT2D eigenvalue weighted by molar-refractivity contribution is 0.101. The van der Waals surface area contributed by atoms with Crippen molar-refractivity contribution < 1.29 is 27.8 Å². The van der Waals surface area contributed by atoms with E-state index in [1.54, 1.807) is 0 Å². The van der Waals surface area contributed by atoms with Crippen molar-refractivity contribution in [2.45, 2.75) is 6.92 Å². The molecule has 1 heterocycles. The molecule has 0 bridgehead atoms. The van der Waals surface area contributed by atoms with Crippen LogP contribution in [-0.4, -0.2) is 18.5 Å². The molecule has 3 rings (SSSR count). The molecule has 0 aliphatic carbocycles. The molecule has 2 aromatic rings. The van der Waals surface area contributed by atoms with Crippen LogP contribution in [0.5, 0.6) is 11.5 Å². The molecule has 0 unspecified atom stereocenters. The van der Waals surface area contributed by atoms with E-state index in [0.717, 1.165) is 12.1 Å². The number of nitrogens with one attached hydrogen (secondary N) is 1. The Bertz CT molecular complexity index is 820. The fourth-order valence-electron chi connectivity index (χ4n) is 2.21. The van der Waals surface area contributed by atoms with E-state index in [1.165, 1.54) is 25.1 Å². The third-order valence-corrected chi connectivity index (χ3v) is 3.34. The number of ketones is 1. The Labute approximate surface area is 129 Å². The summed E-state index contributed by atoms with van der Waals surface area (Å²) in [6, 6.07) is 6.12. The Balaban J connectivity index is 1.98. The molecule has 0 fully saturated rings. The number of hydrogen-bond donors (Lipinski definition) is 1. The SMILES string of the molecule is CC(=O)c1cc2c(cc1NC(=O)c1cccc(F)c1F)OCO2. The summed E-state index contributed by atoms with van der Waals surface area (Å²) in [5, 5.41) is 2.40. The molecule has 118 valence electrons. The standard InChI is InChI=1S/C16H11F2NO4/c1-8(20)10-5-13-14(23-7-22-13)6-12(10)19-16(21)9-3-2-4-11(17)15(9)18/h2-6H,7H2,1H3,(H,19,21). The molecule has 1 aliphatic rings. The summed E-state index contributed by atoms with van der Waals surface area (Å²) in [6.45, 7) is 1.32. The molecule has 2 aromatic carbocycles. The van der Waals surface area contributed by atoms with E-state index in [2.05, 4.69) is 5.32 Å². The lowest BCUT2D eigenvalue weighted by Crippen LogP contribution is -2.16. The molecule has 0 radical (unpaired) electrons. The van der Waals surface area contributed by atoms with E-state index in [-0.39, 0.29) is 23.8 Å². The molecule has 0 saturated heterocycles. The van der Waals surface area contributed by atoms with Gasteiger partial charge in [0.15, 0.2) is 28.9 Å². The highest BCUT2D eigenvalue weighted by Gasteiger charge is 2.22. The first-order valence-electron chi connectivity index (χ1n) is 6.67. The maximum Gasteiger partial charge on any atom is 0.258 e. The minimum Gasteiger partial charge on any atom is -0.454 e. The molecule has 0 atom stereocenters. The topological polar surface area (TPSA) is 64.6 Å². The third-order valence-electron chi connectivity index (χ3n) is 3.34. The Hall–Kier alpha value is -2.96. The van der Waals surface area contributed by atoms with Crippen LogP contribution in [-0.2, 0) is 0 Å². The van der Waals surface area contributed by atoms with Crippen LogP contribution in [0.4, 0.5) is 14.5 Å². The van der Waals surface area contributed by atoms with Crippen LogP contribution in [0, 0.1) is 11.6 Å². The first kappa shape index (κ1) is 15.0. The van der Waals surface area contributed by atoms with Crippen molar-refractivity contribution >= 4 is 17.4 Å². The normalized spacial score (nSPS) is 12.1. The van der Waals surface area contributed by atoms with Gasteiger partial charge in [0.05, 0.1) is 11.3 Å². The van der Waals surface area contributed by atoms with E-state index in [4.69, 9.17) is 9.47 Å². The number of Topliss-reactive ketones (excluding diaryl/α,β-unsaturated/α-hetero) is 1. The van der Waals surface area contributed by atoms with Crippen LogP contribution in [0.3, 0.4) is 0 Å². The third kappa shape index (κ3) is 2.73. The monoisotopic (exact) mass is 319 g/mol. The van der Waals surface area contributed by atoms with E-state index in [9.17, 15) is 18.4 Å². The Morgan fingerprint density at radius 1 is 1.09 bits per heavy atom. The second kappa shape index (κ2) is 5.68. The van der Waals surface area contributed by atoms with Crippen molar-refractivity contribution in [3.63, 3.8) is 0 Å². The second-order valence-electron chi connectivity index (χ2n) is 4.86. The summed E-state index contributed by atoms with van der Waals surface area (Å²) >= 11 is 0. The number of carbonyl (C=O) groups excluding carboxylic acids is 2. The summed E-state index contributed by atoms with van der Waals surface area (Å²) in [5.74, 6) is -2.85. The number of hydrogen-bond acceptors (Lipinski definition) is 4. The molecule has 0 spiro atoms. The van der Waals surface area contributed by atoms with Gasteiger partial charge in [0.25, 0.3) is 5.91 Å². The van der Waals surface area contributed by atoms with Crippen LogP contribution in [0.1, 0.15) is 27.6 Å². The smallest absolute Gasteiger partial charge is 0.258 e. The number of halogens is 2.